The highest BCUT2D eigenvalue weighted by Crippen LogP contribution is 2.17. The summed E-state index contributed by atoms with van der Waals surface area (Å²) >= 11 is 5.73. The molecule has 7 heteroatoms. The monoisotopic (exact) mass is 366 g/mol. The SMILES string of the molecule is O=C(C=Cc1ccc(F)c(Cl)c1)N1CCC(=O)N(CC[C@@H]2CO2)CC1. The van der Waals surface area contributed by atoms with Crippen LogP contribution in [0, 0.1) is 5.82 Å². The highest BCUT2D eigenvalue weighted by atomic mass is 35.5. The fourth-order valence-electron chi connectivity index (χ4n) is 2.75. The van der Waals surface area contributed by atoms with Crippen LogP contribution in [0.2, 0.25) is 5.02 Å². The molecule has 0 saturated carbocycles. The third kappa shape index (κ3) is 5.03. The van der Waals surface area contributed by atoms with Crippen LogP contribution in [-0.2, 0) is 14.3 Å². The van der Waals surface area contributed by atoms with Crippen molar-refractivity contribution in [1.82, 2.24) is 9.80 Å². The molecule has 1 aromatic carbocycles. The lowest BCUT2D eigenvalue weighted by Gasteiger charge is -2.21. The Kier molecular flexibility index (Phi) is 5.71. The summed E-state index contributed by atoms with van der Waals surface area (Å²) < 4.78 is 18.3. The maximum atomic E-state index is 13.1. The van der Waals surface area contributed by atoms with Gasteiger partial charge in [-0.05, 0) is 30.2 Å². The Morgan fingerprint density at radius 3 is 2.88 bits per heavy atom. The van der Waals surface area contributed by atoms with Gasteiger partial charge in [0.2, 0.25) is 11.8 Å². The Morgan fingerprint density at radius 1 is 1.36 bits per heavy atom. The normalized spacial score (nSPS) is 20.9. The van der Waals surface area contributed by atoms with Gasteiger partial charge >= 0.3 is 0 Å². The number of epoxide rings is 1. The molecule has 0 aliphatic carbocycles. The number of carbonyl (C=O) groups is 2. The molecule has 1 atom stereocenters. The van der Waals surface area contributed by atoms with E-state index >= 15 is 0 Å². The van der Waals surface area contributed by atoms with E-state index in [1.54, 1.807) is 21.9 Å². The van der Waals surface area contributed by atoms with Crippen LogP contribution >= 0.6 is 11.6 Å². The van der Waals surface area contributed by atoms with Gasteiger partial charge in [0.05, 0.1) is 17.7 Å². The number of amides is 2. The molecule has 0 unspecified atom stereocenters. The molecule has 2 aliphatic rings. The van der Waals surface area contributed by atoms with Crippen LogP contribution in [0.4, 0.5) is 4.39 Å². The van der Waals surface area contributed by atoms with Gasteiger partial charge < -0.3 is 14.5 Å². The van der Waals surface area contributed by atoms with Gasteiger partial charge in [-0.2, -0.15) is 0 Å². The number of ether oxygens (including phenoxy) is 1. The van der Waals surface area contributed by atoms with Crippen molar-refractivity contribution in [3.8, 4) is 0 Å². The third-order valence-electron chi connectivity index (χ3n) is 4.39. The summed E-state index contributed by atoms with van der Waals surface area (Å²) in [6.45, 7) is 2.90. The second-order valence-electron chi connectivity index (χ2n) is 6.21. The van der Waals surface area contributed by atoms with E-state index in [9.17, 15) is 14.0 Å². The molecule has 0 aromatic heterocycles. The van der Waals surface area contributed by atoms with E-state index in [0.717, 1.165) is 13.0 Å². The van der Waals surface area contributed by atoms with Crippen LogP contribution in [0.3, 0.4) is 0 Å². The van der Waals surface area contributed by atoms with E-state index in [-0.39, 0.29) is 16.8 Å². The maximum absolute atomic E-state index is 13.1. The molecule has 0 bridgehead atoms. The zero-order valence-corrected chi connectivity index (χ0v) is 14.5. The van der Waals surface area contributed by atoms with Gasteiger partial charge in [-0.3, -0.25) is 9.59 Å². The number of nitrogens with zero attached hydrogens (tertiary/aromatic N) is 2. The molecule has 25 heavy (non-hydrogen) atoms. The second-order valence-corrected chi connectivity index (χ2v) is 6.61. The number of halogens is 2. The first-order valence-corrected chi connectivity index (χ1v) is 8.72. The predicted octanol–water partition coefficient (Wildman–Crippen LogP) is 2.34. The van der Waals surface area contributed by atoms with Crippen LogP contribution in [0.25, 0.3) is 6.08 Å². The summed E-state index contributed by atoms with van der Waals surface area (Å²) in [5, 5.41) is 0.0188. The molecule has 0 radical (unpaired) electrons. The Balaban J connectivity index is 1.55. The molecular weight excluding hydrogens is 347 g/mol. The molecule has 2 saturated heterocycles. The minimum absolute atomic E-state index is 0.0188. The van der Waals surface area contributed by atoms with Crippen molar-refractivity contribution in [2.24, 2.45) is 0 Å². The fraction of sp³-hybridized carbons (Fsp3) is 0.444. The Morgan fingerprint density at radius 2 is 2.16 bits per heavy atom. The van der Waals surface area contributed by atoms with Crippen LogP contribution < -0.4 is 0 Å². The summed E-state index contributed by atoms with van der Waals surface area (Å²) in [6.07, 6.45) is 4.50. The molecule has 2 heterocycles. The molecule has 134 valence electrons. The number of hydrogen-bond acceptors (Lipinski definition) is 3. The van der Waals surface area contributed by atoms with Crippen LogP contribution in [-0.4, -0.2) is 60.5 Å². The smallest absolute Gasteiger partial charge is 0.246 e. The lowest BCUT2D eigenvalue weighted by Crippen LogP contribution is -2.36. The molecule has 2 fully saturated rings. The maximum Gasteiger partial charge on any atom is 0.246 e. The summed E-state index contributed by atoms with van der Waals surface area (Å²) in [5.41, 5.74) is 0.650. The topological polar surface area (TPSA) is 53.2 Å². The molecule has 0 spiro atoms. The van der Waals surface area contributed by atoms with Crippen LogP contribution in [0.15, 0.2) is 24.3 Å². The van der Waals surface area contributed by atoms with Gasteiger partial charge in [-0.25, -0.2) is 4.39 Å². The van der Waals surface area contributed by atoms with Crippen LogP contribution in [0.1, 0.15) is 18.4 Å². The van der Waals surface area contributed by atoms with Gasteiger partial charge in [0.25, 0.3) is 0 Å². The van der Waals surface area contributed by atoms with Crippen molar-refractivity contribution < 1.29 is 18.7 Å². The first-order valence-electron chi connectivity index (χ1n) is 8.34. The van der Waals surface area contributed by atoms with E-state index < -0.39 is 5.82 Å². The largest absolute Gasteiger partial charge is 0.373 e. The molecular formula is C18H20ClFN2O3. The van der Waals surface area contributed by atoms with Crippen molar-refractivity contribution in [3.63, 3.8) is 0 Å². The Labute approximate surface area is 151 Å². The number of rotatable bonds is 5. The highest BCUT2D eigenvalue weighted by Gasteiger charge is 2.26. The standard InChI is InChI=1S/C18H20ClFN2O3/c19-15-11-13(1-3-16(15)20)2-4-17(23)22-8-6-18(24)21(9-10-22)7-5-14-12-25-14/h1-4,11,14H,5-10,12H2/t14-/m1/s1. The zero-order chi connectivity index (χ0) is 17.8. The third-order valence-corrected chi connectivity index (χ3v) is 4.67. The van der Waals surface area contributed by atoms with Gasteiger partial charge in [-0.15, -0.1) is 0 Å². The van der Waals surface area contributed by atoms with Crippen molar-refractivity contribution in [3.05, 3.63) is 40.7 Å². The van der Waals surface area contributed by atoms with E-state index in [1.165, 1.54) is 18.2 Å². The predicted molar refractivity (Wildman–Crippen MR) is 92.6 cm³/mol. The van der Waals surface area contributed by atoms with Gasteiger partial charge in [0.15, 0.2) is 0 Å². The zero-order valence-electron chi connectivity index (χ0n) is 13.8. The average molecular weight is 367 g/mol. The first-order chi connectivity index (χ1) is 12.0. The van der Waals surface area contributed by atoms with Crippen molar-refractivity contribution in [2.45, 2.75) is 18.9 Å². The van der Waals surface area contributed by atoms with Crippen molar-refractivity contribution in [2.75, 3.05) is 32.8 Å². The molecule has 5 nitrogen and oxygen atoms in total. The minimum Gasteiger partial charge on any atom is -0.373 e. The lowest BCUT2D eigenvalue weighted by molar-refractivity contribution is -0.130. The average Bonchev–Trinajstić information content (AvgIpc) is 3.42. The van der Waals surface area contributed by atoms with E-state index in [0.29, 0.717) is 44.3 Å². The molecule has 0 N–H and O–H groups in total. The molecule has 1 aromatic rings. The quantitative estimate of drug-likeness (QED) is 0.593. The van der Waals surface area contributed by atoms with Gasteiger partial charge in [0.1, 0.15) is 5.82 Å². The lowest BCUT2D eigenvalue weighted by atomic mass is 10.2. The fourth-order valence-corrected chi connectivity index (χ4v) is 2.94. The number of benzene rings is 1. The molecule has 3 rings (SSSR count). The van der Waals surface area contributed by atoms with Crippen molar-refractivity contribution in [1.29, 1.82) is 0 Å². The summed E-state index contributed by atoms with van der Waals surface area (Å²) in [4.78, 5) is 28.0. The van der Waals surface area contributed by atoms with E-state index in [2.05, 4.69) is 0 Å². The number of hydrogen-bond donors (Lipinski definition) is 0. The first kappa shape index (κ1) is 17.9. The minimum atomic E-state index is -0.493. The highest BCUT2D eigenvalue weighted by molar-refractivity contribution is 6.30. The summed E-state index contributed by atoms with van der Waals surface area (Å²) in [6, 6.07) is 4.28. The Bertz CT molecular complexity index is 691. The van der Waals surface area contributed by atoms with Crippen LogP contribution in [0.5, 0.6) is 0 Å². The summed E-state index contributed by atoms with van der Waals surface area (Å²) in [5.74, 6) is -0.585. The second kappa shape index (κ2) is 7.97. The number of carbonyl (C=O) groups excluding carboxylic acids is 2. The molecule has 2 amide bonds. The Hall–Kier alpha value is -1.92. The van der Waals surface area contributed by atoms with Crippen molar-refractivity contribution >= 4 is 29.5 Å². The summed E-state index contributed by atoms with van der Waals surface area (Å²) in [7, 11) is 0. The van der Waals surface area contributed by atoms with Gasteiger partial charge in [-0.1, -0.05) is 17.7 Å². The van der Waals surface area contributed by atoms with E-state index in [1.807, 2.05) is 0 Å². The molecule has 2 aliphatic heterocycles. The van der Waals surface area contributed by atoms with Gasteiger partial charge in [0, 0.05) is 38.7 Å². The van der Waals surface area contributed by atoms with E-state index in [4.69, 9.17) is 16.3 Å².